The number of hydrogen-bond acceptors (Lipinski definition) is 11. The summed E-state index contributed by atoms with van der Waals surface area (Å²) in [5, 5.41) is 33.1. The summed E-state index contributed by atoms with van der Waals surface area (Å²) in [4.78, 5) is 65.5. The molecule has 0 aromatic carbocycles. The molecule has 5 N–H and O–H groups in total. The Morgan fingerprint density at radius 2 is 0.951 bits per heavy atom. The Balaban J connectivity index is 2.64. The molecule has 41 heavy (non-hydrogen) atoms. The van der Waals surface area contributed by atoms with Crippen molar-refractivity contribution in [3.8, 4) is 0 Å². The van der Waals surface area contributed by atoms with Crippen molar-refractivity contribution in [3.63, 3.8) is 0 Å². The van der Waals surface area contributed by atoms with Gasteiger partial charge in [0.1, 0.15) is 0 Å². The molecule has 1 saturated heterocycles. The predicted molar refractivity (Wildman–Crippen MR) is 147 cm³/mol. The molecule has 0 spiro atoms. The van der Waals surface area contributed by atoms with E-state index in [4.69, 9.17) is 9.47 Å². The van der Waals surface area contributed by atoms with Gasteiger partial charge in [-0.25, -0.2) is 0 Å². The standard InChI is InChI=1S/C25H46N6O10/c1-2-12-40-14-15-41-13-3-26-21(32)16-27-22(33)17-28-4-6-29(18-23(34)35)8-10-31(20-25(38)39)11-9-30(7-5-28)19-24(36)37/h2-20H2,1H3,(H,26,32)(H,27,33)(H,34,35)(H,36,37)(H,38,39). The second-order valence-electron chi connectivity index (χ2n) is 9.64. The highest BCUT2D eigenvalue weighted by Gasteiger charge is 2.21. The quantitative estimate of drug-likeness (QED) is 0.102. The molecule has 0 bridgehead atoms. The summed E-state index contributed by atoms with van der Waals surface area (Å²) in [6, 6.07) is 0. The van der Waals surface area contributed by atoms with Crippen molar-refractivity contribution in [3.05, 3.63) is 0 Å². The molecular weight excluding hydrogens is 544 g/mol. The summed E-state index contributed by atoms with van der Waals surface area (Å²) < 4.78 is 10.7. The Bertz CT molecular complexity index is 786. The largest absolute Gasteiger partial charge is 0.480 e. The topological polar surface area (TPSA) is 202 Å². The van der Waals surface area contributed by atoms with Crippen molar-refractivity contribution in [1.82, 2.24) is 30.2 Å². The van der Waals surface area contributed by atoms with Crippen molar-refractivity contribution in [1.29, 1.82) is 0 Å². The molecule has 1 aliphatic rings. The van der Waals surface area contributed by atoms with Crippen LogP contribution in [0.3, 0.4) is 0 Å². The van der Waals surface area contributed by atoms with Gasteiger partial charge in [0.2, 0.25) is 11.8 Å². The van der Waals surface area contributed by atoms with Gasteiger partial charge in [0, 0.05) is 65.5 Å². The van der Waals surface area contributed by atoms with Crippen molar-refractivity contribution >= 4 is 29.7 Å². The Morgan fingerprint density at radius 3 is 1.34 bits per heavy atom. The predicted octanol–water partition coefficient (Wildman–Crippen LogP) is -2.86. The number of nitrogens with one attached hydrogen (secondary N) is 2. The van der Waals surface area contributed by atoms with Crippen molar-refractivity contribution in [2.45, 2.75) is 13.3 Å². The van der Waals surface area contributed by atoms with Gasteiger partial charge in [-0.3, -0.25) is 43.6 Å². The molecule has 1 rings (SSSR count). The van der Waals surface area contributed by atoms with Crippen LogP contribution in [-0.4, -0.2) is 183 Å². The molecule has 0 saturated carbocycles. The second kappa shape index (κ2) is 21.8. The van der Waals surface area contributed by atoms with E-state index in [0.717, 1.165) is 6.42 Å². The average Bonchev–Trinajstić information content (AvgIpc) is 2.89. The van der Waals surface area contributed by atoms with Gasteiger partial charge in [-0.15, -0.1) is 0 Å². The fourth-order valence-electron chi connectivity index (χ4n) is 4.01. The Hall–Kier alpha value is -2.89. The van der Waals surface area contributed by atoms with Gasteiger partial charge in [-0.1, -0.05) is 6.92 Å². The minimum absolute atomic E-state index is 0.0683. The summed E-state index contributed by atoms with van der Waals surface area (Å²) in [7, 11) is 0. The van der Waals surface area contributed by atoms with E-state index in [2.05, 4.69) is 10.6 Å². The monoisotopic (exact) mass is 590 g/mol. The summed E-state index contributed by atoms with van der Waals surface area (Å²) in [6.07, 6.45) is 0.931. The van der Waals surface area contributed by atoms with Crippen molar-refractivity contribution in [2.24, 2.45) is 0 Å². The third kappa shape index (κ3) is 19.8. The number of carbonyl (C=O) groups excluding carboxylic acids is 2. The minimum Gasteiger partial charge on any atom is -0.480 e. The first kappa shape index (κ1) is 36.1. The van der Waals surface area contributed by atoms with E-state index in [1.807, 2.05) is 6.92 Å². The highest BCUT2D eigenvalue weighted by molar-refractivity contribution is 5.85. The van der Waals surface area contributed by atoms with Gasteiger partial charge >= 0.3 is 17.9 Å². The normalized spacial score (nSPS) is 16.8. The molecular formula is C25H46N6O10. The van der Waals surface area contributed by atoms with Crippen molar-refractivity contribution < 1.29 is 48.8 Å². The molecule has 1 fully saturated rings. The smallest absolute Gasteiger partial charge is 0.317 e. The van der Waals surface area contributed by atoms with Crippen molar-refractivity contribution in [2.75, 3.05) is 118 Å². The summed E-state index contributed by atoms with van der Waals surface area (Å²) >= 11 is 0. The highest BCUT2D eigenvalue weighted by Crippen LogP contribution is 2.01. The zero-order valence-corrected chi connectivity index (χ0v) is 23.9. The molecule has 236 valence electrons. The third-order valence-corrected chi connectivity index (χ3v) is 6.11. The van der Waals surface area contributed by atoms with E-state index in [9.17, 15) is 39.3 Å². The number of carbonyl (C=O) groups is 5. The van der Waals surface area contributed by atoms with Crippen LogP contribution in [0.1, 0.15) is 13.3 Å². The van der Waals surface area contributed by atoms with Gasteiger partial charge in [0.15, 0.2) is 0 Å². The van der Waals surface area contributed by atoms with Gasteiger partial charge < -0.3 is 35.4 Å². The third-order valence-electron chi connectivity index (χ3n) is 6.11. The number of rotatable bonds is 18. The summed E-state index contributed by atoms with van der Waals surface area (Å²) in [6.45, 7) is 5.53. The van der Waals surface area contributed by atoms with Crippen LogP contribution >= 0.6 is 0 Å². The van der Waals surface area contributed by atoms with Gasteiger partial charge in [-0.05, 0) is 6.42 Å². The summed E-state index contributed by atoms with van der Waals surface area (Å²) in [5.74, 6) is -3.86. The fourth-order valence-corrected chi connectivity index (χ4v) is 4.01. The lowest BCUT2D eigenvalue weighted by Crippen LogP contribution is -2.50. The van der Waals surface area contributed by atoms with Crippen LogP contribution in [0.15, 0.2) is 0 Å². The number of carboxylic acids is 3. The van der Waals surface area contributed by atoms with E-state index < -0.39 is 23.8 Å². The second-order valence-corrected chi connectivity index (χ2v) is 9.64. The average molecular weight is 591 g/mol. The first-order chi connectivity index (χ1) is 19.6. The lowest BCUT2D eigenvalue weighted by Gasteiger charge is -2.32. The van der Waals surface area contributed by atoms with Crippen LogP contribution in [0.4, 0.5) is 0 Å². The molecule has 1 aliphatic heterocycles. The van der Waals surface area contributed by atoms with E-state index in [1.165, 1.54) is 0 Å². The molecule has 1 heterocycles. The number of hydrogen-bond donors (Lipinski definition) is 5. The molecule has 16 heteroatoms. The Labute approximate surface area is 240 Å². The SMILES string of the molecule is CCCOCCOCCNC(=O)CNC(=O)CN1CCN(CC(=O)O)CCN(CC(=O)O)CCN(CC(=O)O)CC1. The first-order valence-corrected chi connectivity index (χ1v) is 13.8. The number of nitrogens with zero attached hydrogens (tertiary/aromatic N) is 4. The lowest BCUT2D eigenvalue weighted by molar-refractivity contribution is -0.140. The zero-order chi connectivity index (χ0) is 30.5. The zero-order valence-electron chi connectivity index (χ0n) is 23.9. The maximum absolute atomic E-state index is 12.6. The van der Waals surface area contributed by atoms with E-state index in [-0.39, 0.29) is 71.4 Å². The molecule has 0 aromatic heterocycles. The van der Waals surface area contributed by atoms with E-state index >= 15 is 0 Å². The van der Waals surface area contributed by atoms with Gasteiger partial charge in [-0.2, -0.15) is 0 Å². The number of aliphatic carboxylic acids is 3. The Morgan fingerprint density at radius 1 is 0.561 bits per heavy atom. The molecule has 0 unspecified atom stereocenters. The number of amides is 2. The molecule has 2 amide bonds. The highest BCUT2D eigenvalue weighted by atomic mass is 16.5. The lowest BCUT2D eigenvalue weighted by atomic mass is 10.3. The maximum Gasteiger partial charge on any atom is 0.317 e. The van der Waals surface area contributed by atoms with Crippen LogP contribution in [-0.2, 0) is 33.4 Å². The Kier molecular flexibility index (Phi) is 19.2. The molecule has 0 aromatic rings. The van der Waals surface area contributed by atoms with Crippen LogP contribution in [0.5, 0.6) is 0 Å². The van der Waals surface area contributed by atoms with E-state index in [0.29, 0.717) is 52.6 Å². The van der Waals surface area contributed by atoms with Crippen LogP contribution < -0.4 is 10.6 Å². The fraction of sp³-hybridized carbons (Fsp3) is 0.800. The van der Waals surface area contributed by atoms with Crippen LogP contribution in [0, 0.1) is 0 Å². The first-order valence-electron chi connectivity index (χ1n) is 13.8. The molecule has 0 aliphatic carbocycles. The molecule has 0 atom stereocenters. The molecule has 0 radical (unpaired) electrons. The maximum atomic E-state index is 12.6. The van der Waals surface area contributed by atoms with Crippen LogP contribution in [0.25, 0.3) is 0 Å². The van der Waals surface area contributed by atoms with Crippen LogP contribution in [0.2, 0.25) is 0 Å². The van der Waals surface area contributed by atoms with Gasteiger partial charge in [0.25, 0.3) is 0 Å². The van der Waals surface area contributed by atoms with E-state index in [1.54, 1.807) is 19.6 Å². The number of ether oxygens (including phenoxy) is 2. The van der Waals surface area contributed by atoms with Gasteiger partial charge in [0.05, 0.1) is 52.5 Å². The minimum atomic E-state index is -1.03. The number of carboxylic acid groups (broad SMARTS) is 3. The molecule has 16 nitrogen and oxygen atoms in total. The summed E-state index contributed by atoms with van der Waals surface area (Å²) in [5.41, 5.74) is 0.